The van der Waals surface area contributed by atoms with E-state index >= 15 is 0 Å². The quantitative estimate of drug-likeness (QED) is 0.869. The van der Waals surface area contributed by atoms with Gasteiger partial charge in [0.2, 0.25) is 0 Å². The van der Waals surface area contributed by atoms with Crippen molar-refractivity contribution < 1.29 is 9.47 Å². The van der Waals surface area contributed by atoms with Crippen LogP contribution in [0, 0.1) is 16.7 Å². The van der Waals surface area contributed by atoms with Crippen molar-refractivity contribution in [2.75, 3.05) is 19.0 Å². The zero-order valence-electron chi connectivity index (χ0n) is 13.3. The summed E-state index contributed by atoms with van der Waals surface area (Å²) in [5, 5.41) is 12.8. The van der Waals surface area contributed by atoms with Gasteiger partial charge in [-0.3, -0.25) is 0 Å². The summed E-state index contributed by atoms with van der Waals surface area (Å²) >= 11 is 0. The Balaban J connectivity index is 2.22. The Morgan fingerprint density at radius 3 is 2.76 bits per heavy atom. The number of benzene rings is 1. The Labute approximate surface area is 127 Å². The number of ether oxygens (including phenoxy) is 2. The van der Waals surface area contributed by atoms with Gasteiger partial charge < -0.3 is 14.8 Å². The molecule has 21 heavy (non-hydrogen) atoms. The molecule has 0 heterocycles. The van der Waals surface area contributed by atoms with Crippen molar-refractivity contribution >= 4 is 5.69 Å². The second-order valence-electron chi connectivity index (χ2n) is 5.73. The lowest BCUT2D eigenvalue weighted by molar-refractivity contribution is -0.109. The SMILES string of the molecule is CCOC1CC(Nc2c(C#N)cccc2OC)C1(C)CC. The van der Waals surface area contributed by atoms with Crippen molar-refractivity contribution in [1.29, 1.82) is 5.26 Å². The monoisotopic (exact) mass is 288 g/mol. The first kappa shape index (κ1) is 15.7. The van der Waals surface area contributed by atoms with Crippen LogP contribution >= 0.6 is 0 Å². The highest BCUT2D eigenvalue weighted by molar-refractivity contribution is 5.67. The van der Waals surface area contributed by atoms with Crippen LogP contribution in [-0.2, 0) is 4.74 Å². The Hall–Kier alpha value is -1.73. The summed E-state index contributed by atoms with van der Waals surface area (Å²) in [6, 6.07) is 8.06. The summed E-state index contributed by atoms with van der Waals surface area (Å²) in [5.41, 5.74) is 1.50. The van der Waals surface area contributed by atoms with E-state index in [1.807, 2.05) is 25.1 Å². The van der Waals surface area contributed by atoms with Crippen LogP contribution in [0.4, 0.5) is 5.69 Å². The molecule has 0 aliphatic heterocycles. The van der Waals surface area contributed by atoms with Crippen molar-refractivity contribution in [1.82, 2.24) is 0 Å². The van der Waals surface area contributed by atoms with Gasteiger partial charge in [-0.2, -0.15) is 5.26 Å². The Bertz CT molecular complexity index is 538. The van der Waals surface area contributed by atoms with Crippen LogP contribution < -0.4 is 10.1 Å². The Morgan fingerprint density at radius 1 is 1.43 bits per heavy atom. The predicted molar refractivity (Wildman–Crippen MR) is 83.5 cm³/mol. The summed E-state index contributed by atoms with van der Waals surface area (Å²) in [7, 11) is 1.63. The fraction of sp³-hybridized carbons (Fsp3) is 0.588. The summed E-state index contributed by atoms with van der Waals surface area (Å²) < 4.78 is 11.2. The first-order chi connectivity index (χ1) is 10.1. The molecule has 1 saturated carbocycles. The normalized spacial score (nSPS) is 27.6. The fourth-order valence-corrected chi connectivity index (χ4v) is 3.09. The van der Waals surface area contributed by atoms with Gasteiger partial charge in [0.1, 0.15) is 11.8 Å². The molecule has 0 radical (unpaired) electrons. The number of methoxy groups -OCH3 is 1. The standard InChI is InChI=1S/C17H24N2O2/c1-5-17(3)14(10-15(17)21-6-2)19-16-12(11-18)8-7-9-13(16)20-4/h7-9,14-15,19H,5-6,10H2,1-4H3. The van der Waals surface area contributed by atoms with Gasteiger partial charge in [-0.1, -0.05) is 19.9 Å². The van der Waals surface area contributed by atoms with Crippen LogP contribution in [-0.4, -0.2) is 25.9 Å². The molecule has 2 rings (SSSR count). The highest BCUT2D eigenvalue weighted by Crippen LogP contribution is 2.48. The van der Waals surface area contributed by atoms with Crippen LogP contribution in [0.1, 0.15) is 39.2 Å². The van der Waals surface area contributed by atoms with Gasteiger partial charge in [-0.05, 0) is 31.9 Å². The third-order valence-electron chi connectivity index (χ3n) is 4.80. The molecule has 1 aromatic carbocycles. The number of rotatable bonds is 6. The Morgan fingerprint density at radius 2 is 2.19 bits per heavy atom. The number of hydrogen-bond donors (Lipinski definition) is 1. The second kappa shape index (κ2) is 6.36. The molecule has 0 bridgehead atoms. The molecule has 3 unspecified atom stereocenters. The summed E-state index contributed by atoms with van der Waals surface area (Å²) in [6.07, 6.45) is 2.28. The molecule has 1 fully saturated rings. The number of nitrogens with one attached hydrogen (secondary N) is 1. The largest absolute Gasteiger partial charge is 0.495 e. The lowest BCUT2D eigenvalue weighted by Gasteiger charge is -2.54. The van der Waals surface area contributed by atoms with Gasteiger partial charge in [0.15, 0.2) is 0 Å². The summed E-state index contributed by atoms with van der Waals surface area (Å²) in [6.45, 7) is 7.21. The van der Waals surface area contributed by atoms with Gasteiger partial charge in [-0.15, -0.1) is 0 Å². The van der Waals surface area contributed by atoms with Crippen LogP contribution in [0.15, 0.2) is 18.2 Å². The van der Waals surface area contributed by atoms with E-state index in [9.17, 15) is 5.26 Å². The molecule has 0 spiro atoms. The van der Waals surface area contributed by atoms with E-state index in [2.05, 4.69) is 25.2 Å². The Kier molecular flexibility index (Phi) is 4.74. The summed E-state index contributed by atoms with van der Waals surface area (Å²) in [4.78, 5) is 0. The molecular weight excluding hydrogens is 264 g/mol. The number of hydrogen-bond acceptors (Lipinski definition) is 4. The molecule has 4 heteroatoms. The van der Waals surface area contributed by atoms with Gasteiger partial charge in [0.05, 0.1) is 24.5 Å². The van der Waals surface area contributed by atoms with E-state index in [-0.39, 0.29) is 11.5 Å². The maximum absolute atomic E-state index is 9.30. The predicted octanol–water partition coefficient (Wildman–Crippen LogP) is 3.57. The van der Waals surface area contributed by atoms with Gasteiger partial charge in [-0.25, -0.2) is 0 Å². The third kappa shape index (κ3) is 2.71. The smallest absolute Gasteiger partial charge is 0.143 e. The molecule has 4 nitrogen and oxygen atoms in total. The molecule has 1 aromatic rings. The molecule has 1 aliphatic carbocycles. The van der Waals surface area contributed by atoms with Crippen molar-refractivity contribution in [3.63, 3.8) is 0 Å². The average Bonchev–Trinajstić information content (AvgIpc) is 2.52. The summed E-state index contributed by atoms with van der Waals surface area (Å²) in [5.74, 6) is 0.715. The van der Waals surface area contributed by atoms with E-state index in [1.165, 1.54) is 0 Å². The highest BCUT2D eigenvalue weighted by Gasteiger charge is 2.51. The number of anilines is 1. The molecule has 0 aromatic heterocycles. The lowest BCUT2D eigenvalue weighted by atomic mass is 9.61. The van der Waals surface area contributed by atoms with Gasteiger partial charge >= 0.3 is 0 Å². The minimum Gasteiger partial charge on any atom is -0.495 e. The minimum atomic E-state index is 0.0869. The minimum absolute atomic E-state index is 0.0869. The van der Waals surface area contributed by atoms with Gasteiger partial charge in [0.25, 0.3) is 0 Å². The maximum Gasteiger partial charge on any atom is 0.143 e. The van der Waals surface area contributed by atoms with Crippen LogP contribution in [0.3, 0.4) is 0 Å². The third-order valence-corrected chi connectivity index (χ3v) is 4.80. The number of nitriles is 1. The zero-order valence-corrected chi connectivity index (χ0v) is 13.3. The van der Waals surface area contributed by atoms with Crippen LogP contribution in [0.5, 0.6) is 5.75 Å². The van der Waals surface area contributed by atoms with E-state index in [0.717, 1.165) is 25.1 Å². The highest BCUT2D eigenvalue weighted by atomic mass is 16.5. The number of para-hydroxylation sites is 1. The van der Waals surface area contributed by atoms with E-state index in [0.29, 0.717) is 17.4 Å². The molecule has 0 saturated heterocycles. The molecular formula is C17H24N2O2. The number of nitrogens with zero attached hydrogens (tertiary/aromatic N) is 1. The van der Waals surface area contributed by atoms with Crippen LogP contribution in [0.2, 0.25) is 0 Å². The maximum atomic E-state index is 9.30. The van der Waals surface area contributed by atoms with E-state index in [1.54, 1.807) is 7.11 Å². The van der Waals surface area contributed by atoms with Gasteiger partial charge in [0, 0.05) is 18.1 Å². The van der Waals surface area contributed by atoms with Crippen molar-refractivity contribution in [2.24, 2.45) is 5.41 Å². The topological polar surface area (TPSA) is 54.3 Å². The van der Waals surface area contributed by atoms with Crippen LogP contribution in [0.25, 0.3) is 0 Å². The molecule has 1 N–H and O–H groups in total. The average molecular weight is 288 g/mol. The van der Waals surface area contributed by atoms with E-state index in [4.69, 9.17) is 9.47 Å². The van der Waals surface area contributed by atoms with Crippen molar-refractivity contribution in [2.45, 2.75) is 45.8 Å². The van der Waals surface area contributed by atoms with Crippen molar-refractivity contribution in [3.8, 4) is 11.8 Å². The van der Waals surface area contributed by atoms with Crippen molar-refractivity contribution in [3.05, 3.63) is 23.8 Å². The molecule has 114 valence electrons. The lowest BCUT2D eigenvalue weighted by Crippen LogP contribution is -2.59. The first-order valence-electron chi connectivity index (χ1n) is 7.55. The fourth-order valence-electron chi connectivity index (χ4n) is 3.09. The van der Waals surface area contributed by atoms with E-state index < -0.39 is 0 Å². The molecule has 1 aliphatic rings. The first-order valence-corrected chi connectivity index (χ1v) is 7.55. The second-order valence-corrected chi connectivity index (χ2v) is 5.73. The molecule has 0 amide bonds. The zero-order chi connectivity index (χ0) is 15.5. The molecule has 3 atom stereocenters.